The first-order chi connectivity index (χ1) is 11.2. The Kier molecular flexibility index (Phi) is 5.38. The maximum atomic E-state index is 6.29. The van der Waals surface area contributed by atoms with E-state index in [1.54, 1.807) is 0 Å². The van der Waals surface area contributed by atoms with Crippen molar-refractivity contribution in [2.45, 2.75) is 12.2 Å². The average molecular weight is 354 g/mol. The smallest absolute Gasteiger partial charge is 0.0619 e. The lowest BCUT2D eigenvalue weighted by Gasteiger charge is -2.26. The second-order valence-corrected chi connectivity index (χ2v) is 13.0. The zero-order valence-corrected chi connectivity index (χ0v) is 15.5. The molecule has 0 aliphatic carbocycles. The minimum Gasteiger partial charge on any atom is -0.107 e. The zero-order valence-electron chi connectivity index (χ0n) is 13.0. The molecular weight excluding hydrogens is 335 g/mol. The Labute approximate surface area is 147 Å². The number of hydrogen-bond donors (Lipinski definition) is 0. The van der Waals surface area contributed by atoms with Crippen molar-refractivity contribution in [3.8, 4) is 0 Å². The van der Waals surface area contributed by atoms with Gasteiger partial charge in [-0.2, -0.15) is 0 Å². The van der Waals surface area contributed by atoms with E-state index in [9.17, 15) is 0 Å². The van der Waals surface area contributed by atoms with Crippen molar-refractivity contribution in [3.63, 3.8) is 0 Å². The Morgan fingerprint density at radius 3 is 1.52 bits per heavy atom. The molecule has 3 rings (SSSR count). The van der Waals surface area contributed by atoms with Crippen LogP contribution in [0.25, 0.3) is 0 Å². The number of benzene rings is 3. The normalized spacial score (nSPS) is 12.7. The molecule has 0 saturated carbocycles. The lowest BCUT2D eigenvalue weighted by Crippen LogP contribution is -2.13. The third-order valence-electron chi connectivity index (χ3n) is 3.77. The van der Waals surface area contributed by atoms with Crippen molar-refractivity contribution in [1.82, 2.24) is 0 Å². The van der Waals surface area contributed by atoms with Crippen LogP contribution >= 0.6 is 16.6 Å². The van der Waals surface area contributed by atoms with Crippen molar-refractivity contribution in [2.24, 2.45) is 0 Å². The molecule has 0 fully saturated rings. The van der Waals surface area contributed by atoms with E-state index in [2.05, 4.69) is 97.9 Å². The maximum Gasteiger partial charge on any atom is 0.0619 e. The molecule has 0 bridgehead atoms. The summed E-state index contributed by atoms with van der Waals surface area (Å²) in [6.07, 6.45) is 0. The van der Waals surface area contributed by atoms with Crippen LogP contribution in [0.15, 0.2) is 91.0 Å². The molecule has 3 aromatic rings. The summed E-state index contributed by atoms with van der Waals surface area (Å²) < 4.78 is 0. The molecule has 0 saturated heterocycles. The lowest BCUT2D eigenvalue weighted by molar-refractivity contribution is 1.11. The minimum absolute atomic E-state index is 0.363. The Morgan fingerprint density at radius 1 is 0.696 bits per heavy atom. The molecule has 0 spiro atoms. The second-order valence-electron chi connectivity index (χ2n) is 5.38. The van der Waals surface area contributed by atoms with E-state index in [0.29, 0.717) is 5.25 Å². The highest BCUT2D eigenvalue weighted by atomic mass is 32.9. The quantitative estimate of drug-likeness (QED) is 0.553. The molecule has 0 nitrogen and oxygen atoms in total. The summed E-state index contributed by atoms with van der Waals surface area (Å²) in [5, 5.41) is 1.01. The summed E-state index contributed by atoms with van der Waals surface area (Å²) in [7, 11) is 0. The molecule has 0 heterocycles. The predicted molar refractivity (Wildman–Crippen MR) is 109 cm³/mol. The van der Waals surface area contributed by atoms with Gasteiger partial charge in [0, 0.05) is 5.25 Å². The van der Waals surface area contributed by atoms with Crippen LogP contribution in [0.4, 0.5) is 0 Å². The molecule has 1 unspecified atom stereocenters. The van der Waals surface area contributed by atoms with Gasteiger partial charge in [-0.1, -0.05) is 103 Å². The van der Waals surface area contributed by atoms with Gasteiger partial charge in [-0.15, -0.1) is 11.4 Å². The second kappa shape index (κ2) is 7.49. The van der Waals surface area contributed by atoms with Crippen LogP contribution in [0.1, 0.15) is 17.7 Å². The first kappa shape index (κ1) is 16.5. The standard InChI is InChI=1S/C20H19PS2/c1-17(18-11-5-2-6-12-18)23-21(22,19-13-7-3-8-14-19)20-15-9-4-10-16-20/h2-17H,1H3. The van der Waals surface area contributed by atoms with Crippen molar-refractivity contribution < 1.29 is 0 Å². The molecule has 0 aromatic heterocycles. The Balaban J connectivity index is 2.02. The van der Waals surface area contributed by atoms with Gasteiger partial charge < -0.3 is 0 Å². The fourth-order valence-electron chi connectivity index (χ4n) is 2.53. The molecule has 0 radical (unpaired) electrons. The molecule has 0 aliphatic heterocycles. The van der Waals surface area contributed by atoms with Crippen molar-refractivity contribution in [2.75, 3.05) is 0 Å². The van der Waals surface area contributed by atoms with E-state index in [-0.39, 0.29) is 0 Å². The third kappa shape index (κ3) is 3.77. The average Bonchev–Trinajstić information content (AvgIpc) is 2.64. The van der Waals surface area contributed by atoms with E-state index in [1.807, 2.05) is 11.4 Å². The van der Waals surface area contributed by atoms with Crippen LogP contribution in [0.2, 0.25) is 0 Å². The van der Waals surface area contributed by atoms with Crippen LogP contribution in [-0.4, -0.2) is 0 Å². The molecular formula is C20H19PS2. The summed E-state index contributed by atoms with van der Waals surface area (Å²) in [5.41, 5.74) is 1.33. The van der Waals surface area contributed by atoms with Gasteiger partial charge in [-0.25, -0.2) is 0 Å². The molecule has 3 heteroatoms. The summed E-state index contributed by atoms with van der Waals surface area (Å²) >= 11 is 8.22. The van der Waals surface area contributed by atoms with Crippen LogP contribution in [-0.2, 0) is 11.8 Å². The van der Waals surface area contributed by atoms with Crippen molar-refractivity contribution in [3.05, 3.63) is 96.6 Å². The molecule has 0 amide bonds. The van der Waals surface area contributed by atoms with Gasteiger partial charge in [0.2, 0.25) is 0 Å². The SMILES string of the molecule is CC(SP(=S)(c1ccccc1)c1ccccc1)c1ccccc1. The molecule has 116 valence electrons. The first-order valence-electron chi connectivity index (χ1n) is 7.65. The predicted octanol–water partition coefficient (Wildman–Crippen LogP) is 5.53. The third-order valence-corrected chi connectivity index (χ3v) is 11.8. The van der Waals surface area contributed by atoms with E-state index in [4.69, 9.17) is 11.8 Å². The van der Waals surface area contributed by atoms with Gasteiger partial charge in [0.05, 0.1) is 5.24 Å². The first-order valence-corrected chi connectivity index (χ1v) is 11.9. The van der Waals surface area contributed by atoms with Gasteiger partial charge in [0.15, 0.2) is 0 Å². The molecule has 23 heavy (non-hydrogen) atoms. The lowest BCUT2D eigenvalue weighted by atomic mass is 10.2. The summed E-state index contributed by atoms with van der Waals surface area (Å²) in [4.78, 5) is 0. The highest BCUT2D eigenvalue weighted by Gasteiger charge is 2.26. The fourth-order valence-corrected chi connectivity index (χ4v) is 9.98. The Morgan fingerprint density at radius 2 is 1.09 bits per heavy atom. The van der Waals surface area contributed by atoms with Gasteiger partial charge >= 0.3 is 0 Å². The molecule has 0 aliphatic rings. The van der Waals surface area contributed by atoms with Crippen LogP contribution in [0.3, 0.4) is 0 Å². The van der Waals surface area contributed by atoms with Crippen LogP contribution in [0, 0.1) is 0 Å². The van der Waals surface area contributed by atoms with Gasteiger partial charge in [0.25, 0.3) is 0 Å². The topological polar surface area (TPSA) is 0 Å². The summed E-state index contributed by atoms with van der Waals surface area (Å²) in [5.74, 6) is 0. The monoisotopic (exact) mass is 354 g/mol. The fraction of sp³-hybridized carbons (Fsp3) is 0.100. The molecule has 1 atom stereocenters. The van der Waals surface area contributed by atoms with Gasteiger partial charge in [-0.3, -0.25) is 0 Å². The number of hydrogen-bond acceptors (Lipinski definition) is 2. The van der Waals surface area contributed by atoms with Crippen LogP contribution in [0.5, 0.6) is 0 Å². The zero-order chi connectivity index (χ0) is 16.1. The Bertz CT molecular complexity index is 742. The number of rotatable bonds is 5. The minimum atomic E-state index is -1.90. The molecule has 3 aromatic carbocycles. The van der Waals surface area contributed by atoms with E-state index >= 15 is 0 Å². The van der Waals surface area contributed by atoms with Gasteiger partial charge in [-0.05, 0) is 23.1 Å². The maximum absolute atomic E-state index is 6.29. The summed E-state index contributed by atoms with van der Waals surface area (Å²) in [6.45, 7) is 2.26. The van der Waals surface area contributed by atoms with Crippen molar-refractivity contribution in [1.29, 1.82) is 0 Å². The summed E-state index contributed by atoms with van der Waals surface area (Å²) in [6, 6.07) is 31.8. The van der Waals surface area contributed by atoms with E-state index < -0.39 is 5.24 Å². The van der Waals surface area contributed by atoms with Crippen molar-refractivity contribution >= 4 is 39.0 Å². The van der Waals surface area contributed by atoms with E-state index in [0.717, 1.165) is 0 Å². The highest BCUT2D eigenvalue weighted by Crippen LogP contribution is 2.62. The van der Waals surface area contributed by atoms with Gasteiger partial charge in [0.1, 0.15) is 0 Å². The molecule has 0 N–H and O–H groups in total. The van der Waals surface area contributed by atoms with Crippen LogP contribution < -0.4 is 10.6 Å². The largest absolute Gasteiger partial charge is 0.107 e. The van der Waals surface area contributed by atoms with E-state index in [1.165, 1.54) is 16.2 Å². The Hall–Kier alpha value is -1.34. The highest BCUT2D eigenvalue weighted by molar-refractivity contribution is 8.75.